The predicted octanol–water partition coefficient (Wildman–Crippen LogP) is 12.8. The van der Waals surface area contributed by atoms with Crippen LogP contribution in [0.2, 0.25) is 0 Å². The molecule has 0 amide bonds. The number of hydrogen-bond acceptors (Lipinski definition) is 1. The second-order valence-electron chi connectivity index (χ2n) is 12.0. The summed E-state index contributed by atoms with van der Waals surface area (Å²) in [7, 11) is 0. The molecule has 0 aliphatic heterocycles. The van der Waals surface area contributed by atoms with Gasteiger partial charge in [0.05, 0.1) is 0 Å². The lowest BCUT2D eigenvalue weighted by Gasteiger charge is -2.19. The molecule has 43 heavy (non-hydrogen) atoms. The number of carbonyl (C=O) groups excluding carboxylic acids is 1. The van der Waals surface area contributed by atoms with Crippen LogP contribution in [-0.4, -0.2) is 5.78 Å². The summed E-state index contributed by atoms with van der Waals surface area (Å²) in [6.45, 7) is 6.19. The van der Waals surface area contributed by atoms with E-state index in [0.717, 1.165) is 17.5 Å². The van der Waals surface area contributed by atoms with Gasteiger partial charge in [0.25, 0.3) is 0 Å². The number of carbonyl (C=O) groups is 1. The average Bonchev–Trinajstić information content (AvgIpc) is 3.04. The van der Waals surface area contributed by atoms with Crippen LogP contribution in [-0.2, 0) is 0 Å². The number of halogens is 1. The standard InChI is InChI=1S/C41H53FO/c1-3-5-6-7-8-9-10-11-12-13-14-15-16-17-18-19-40(36-25-20-34(4-2)21-26-36)37-27-22-35(23-28-37)24-33-41(43)38-29-31-39(42)32-30-38/h4,20-33,40H,2-3,5-19H2,1H3. The van der Waals surface area contributed by atoms with Gasteiger partial charge < -0.3 is 0 Å². The van der Waals surface area contributed by atoms with Crippen molar-refractivity contribution < 1.29 is 9.18 Å². The second kappa shape index (κ2) is 20.6. The van der Waals surface area contributed by atoms with Crippen LogP contribution in [0.25, 0.3) is 12.2 Å². The molecule has 3 aromatic rings. The van der Waals surface area contributed by atoms with Crippen LogP contribution in [0.1, 0.15) is 148 Å². The van der Waals surface area contributed by atoms with E-state index in [9.17, 15) is 9.18 Å². The molecule has 1 unspecified atom stereocenters. The van der Waals surface area contributed by atoms with Crippen molar-refractivity contribution in [1.29, 1.82) is 0 Å². The van der Waals surface area contributed by atoms with Crippen LogP contribution in [0.3, 0.4) is 0 Å². The molecule has 0 saturated carbocycles. The number of unbranched alkanes of at least 4 members (excludes halogenated alkanes) is 14. The molecule has 0 spiro atoms. The van der Waals surface area contributed by atoms with Crippen molar-refractivity contribution in [3.05, 3.63) is 119 Å². The molecular formula is C41H53FO. The number of rotatable bonds is 22. The fraction of sp³-hybridized carbons (Fsp3) is 0.439. The summed E-state index contributed by atoms with van der Waals surface area (Å²) in [5, 5.41) is 0. The SMILES string of the molecule is C=Cc1ccc(C(CCCCCCCCCCCCCCCCC)c2ccc(C=CC(=O)c3ccc(F)cc3)cc2)cc1. The molecular weight excluding hydrogens is 527 g/mol. The number of hydrogen-bond donors (Lipinski definition) is 0. The van der Waals surface area contributed by atoms with E-state index in [1.807, 2.05) is 12.2 Å². The molecule has 0 fully saturated rings. The molecule has 1 nitrogen and oxygen atoms in total. The third-order valence-electron chi connectivity index (χ3n) is 8.57. The molecule has 0 saturated heterocycles. The van der Waals surface area contributed by atoms with Crippen molar-refractivity contribution in [2.45, 2.75) is 116 Å². The summed E-state index contributed by atoms with van der Waals surface area (Å²) in [4.78, 5) is 12.4. The Morgan fingerprint density at radius 1 is 0.628 bits per heavy atom. The van der Waals surface area contributed by atoms with E-state index in [4.69, 9.17) is 0 Å². The van der Waals surface area contributed by atoms with Gasteiger partial charge in [0, 0.05) is 11.5 Å². The van der Waals surface area contributed by atoms with E-state index in [0.29, 0.717) is 11.5 Å². The highest BCUT2D eigenvalue weighted by Crippen LogP contribution is 2.31. The van der Waals surface area contributed by atoms with Crippen molar-refractivity contribution >= 4 is 17.9 Å². The van der Waals surface area contributed by atoms with E-state index in [2.05, 4.69) is 62.0 Å². The third kappa shape index (κ3) is 13.3. The molecule has 0 heterocycles. The molecule has 3 aromatic carbocycles. The quantitative estimate of drug-likeness (QED) is 0.0656. The summed E-state index contributed by atoms with van der Waals surface area (Å²) < 4.78 is 13.2. The third-order valence-corrected chi connectivity index (χ3v) is 8.57. The van der Waals surface area contributed by atoms with Gasteiger partial charge in [0.15, 0.2) is 5.78 Å². The van der Waals surface area contributed by atoms with E-state index in [1.54, 1.807) is 6.08 Å². The van der Waals surface area contributed by atoms with Gasteiger partial charge in [0.2, 0.25) is 0 Å². The lowest BCUT2D eigenvalue weighted by Crippen LogP contribution is -2.02. The van der Waals surface area contributed by atoms with Gasteiger partial charge in [-0.25, -0.2) is 4.39 Å². The minimum atomic E-state index is -0.339. The summed E-state index contributed by atoms with van der Waals surface area (Å²) in [6.07, 6.45) is 27.1. The predicted molar refractivity (Wildman–Crippen MR) is 184 cm³/mol. The first kappa shape index (κ1) is 34.2. The Labute approximate surface area is 261 Å². The molecule has 3 rings (SSSR count). The van der Waals surface area contributed by atoms with E-state index in [-0.39, 0.29) is 11.6 Å². The number of benzene rings is 3. The van der Waals surface area contributed by atoms with Crippen LogP contribution < -0.4 is 0 Å². The monoisotopic (exact) mass is 580 g/mol. The molecule has 230 valence electrons. The fourth-order valence-electron chi connectivity index (χ4n) is 5.83. The molecule has 0 aliphatic carbocycles. The Kier molecular flexibility index (Phi) is 16.4. The van der Waals surface area contributed by atoms with E-state index < -0.39 is 0 Å². The van der Waals surface area contributed by atoms with Crippen molar-refractivity contribution in [2.75, 3.05) is 0 Å². The average molecular weight is 581 g/mol. The molecule has 0 aliphatic rings. The van der Waals surface area contributed by atoms with Gasteiger partial charge in [0.1, 0.15) is 5.82 Å². The summed E-state index contributed by atoms with van der Waals surface area (Å²) in [5.41, 5.74) is 5.25. The van der Waals surface area contributed by atoms with Crippen molar-refractivity contribution in [1.82, 2.24) is 0 Å². The van der Waals surface area contributed by atoms with Crippen LogP contribution in [0.5, 0.6) is 0 Å². The van der Waals surface area contributed by atoms with Crippen molar-refractivity contribution in [3.63, 3.8) is 0 Å². The maximum absolute atomic E-state index is 13.2. The minimum Gasteiger partial charge on any atom is -0.289 e. The Bertz CT molecular complexity index is 1200. The number of ketones is 1. The first-order chi connectivity index (χ1) is 21.1. The first-order valence-electron chi connectivity index (χ1n) is 16.9. The normalized spacial score (nSPS) is 12.0. The van der Waals surface area contributed by atoms with Crippen LogP contribution in [0.4, 0.5) is 4.39 Å². The van der Waals surface area contributed by atoms with Crippen molar-refractivity contribution in [2.24, 2.45) is 0 Å². The zero-order valence-electron chi connectivity index (χ0n) is 26.5. The molecule has 0 bridgehead atoms. The van der Waals surface area contributed by atoms with Crippen molar-refractivity contribution in [3.8, 4) is 0 Å². The van der Waals surface area contributed by atoms with Gasteiger partial charge in [-0.15, -0.1) is 0 Å². The Morgan fingerprint density at radius 2 is 1.07 bits per heavy atom. The summed E-state index contributed by atoms with van der Waals surface area (Å²) >= 11 is 0. The summed E-state index contributed by atoms with van der Waals surface area (Å²) in [5.74, 6) is -0.119. The van der Waals surface area contributed by atoms with Gasteiger partial charge in [-0.1, -0.05) is 170 Å². The fourth-order valence-corrected chi connectivity index (χ4v) is 5.83. The highest BCUT2D eigenvalue weighted by molar-refractivity contribution is 6.06. The summed E-state index contributed by atoms with van der Waals surface area (Å²) in [6, 6.07) is 23.0. The largest absolute Gasteiger partial charge is 0.289 e. The molecule has 0 radical (unpaired) electrons. The van der Waals surface area contributed by atoms with Crippen LogP contribution in [0.15, 0.2) is 85.5 Å². The Hall–Kier alpha value is -3.26. The van der Waals surface area contributed by atoms with Crippen LogP contribution in [0, 0.1) is 5.82 Å². The first-order valence-corrected chi connectivity index (χ1v) is 16.9. The Morgan fingerprint density at radius 3 is 1.53 bits per heavy atom. The lowest BCUT2D eigenvalue weighted by atomic mass is 9.86. The van der Waals surface area contributed by atoms with Crippen LogP contribution >= 0.6 is 0 Å². The topological polar surface area (TPSA) is 17.1 Å². The second-order valence-corrected chi connectivity index (χ2v) is 12.0. The Balaban J connectivity index is 1.43. The van der Waals surface area contributed by atoms with Gasteiger partial charge in [-0.3, -0.25) is 4.79 Å². The highest BCUT2D eigenvalue weighted by atomic mass is 19.1. The van der Waals surface area contributed by atoms with E-state index in [1.165, 1.54) is 132 Å². The zero-order valence-corrected chi connectivity index (χ0v) is 26.5. The molecule has 0 N–H and O–H groups in total. The zero-order chi connectivity index (χ0) is 30.5. The molecule has 2 heteroatoms. The highest BCUT2D eigenvalue weighted by Gasteiger charge is 2.14. The maximum Gasteiger partial charge on any atom is 0.185 e. The maximum atomic E-state index is 13.2. The minimum absolute atomic E-state index is 0.127. The number of allylic oxidation sites excluding steroid dienone is 1. The molecule has 0 aromatic heterocycles. The van der Waals surface area contributed by atoms with Gasteiger partial charge >= 0.3 is 0 Å². The van der Waals surface area contributed by atoms with E-state index >= 15 is 0 Å². The molecule has 1 atom stereocenters. The smallest absolute Gasteiger partial charge is 0.185 e. The van der Waals surface area contributed by atoms with Gasteiger partial charge in [-0.05, 0) is 59.0 Å². The lowest BCUT2D eigenvalue weighted by molar-refractivity contribution is 0.104. The van der Waals surface area contributed by atoms with Gasteiger partial charge in [-0.2, -0.15) is 0 Å².